The van der Waals surface area contributed by atoms with E-state index < -0.39 is 0 Å². The van der Waals surface area contributed by atoms with E-state index in [0.29, 0.717) is 12.1 Å². The highest BCUT2D eigenvalue weighted by Crippen LogP contribution is 2.27. The first kappa shape index (κ1) is 12.0. The van der Waals surface area contributed by atoms with Crippen molar-refractivity contribution in [3.05, 3.63) is 0 Å². The van der Waals surface area contributed by atoms with Crippen molar-refractivity contribution in [3.8, 4) is 12.3 Å². The number of nitrogens with zero attached hydrogens (tertiary/aromatic N) is 1. The Morgan fingerprint density at radius 1 is 1.31 bits per heavy atom. The molecule has 0 spiro atoms. The Labute approximate surface area is 99.8 Å². The van der Waals surface area contributed by atoms with Crippen LogP contribution in [0.25, 0.3) is 0 Å². The zero-order valence-electron chi connectivity index (χ0n) is 10.4. The van der Waals surface area contributed by atoms with Gasteiger partial charge in [0, 0.05) is 25.7 Å². The number of hydrogen-bond acceptors (Lipinski definition) is 2. The van der Waals surface area contributed by atoms with Gasteiger partial charge in [0.1, 0.15) is 0 Å². The maximum atomic E-state index is 5.51. The predicted octanol–water partition coefficient (Wildman–Crippen LogP) is 1.86. The first-order valence-corrected chi connectivity index (χ1v) is 6.75. The summed E-state index contributed by atoms with van der Waals surface area (Å²) in [5, 5.41) is 3.69. The highest BCUT2D eigenvalue weighted by molar-refractivity contribution is 5.00. The van der Waals surface area contributed by atoms with Crippen LogP contribution in [-0.4, -0.2) is 36.6 Å². The Balaban J connectivity index is 1.88. The molecule has 2 atom stereocenters. The third kappa shape index (κ3) is 2.78. The van der Waals surface area contributed by atoms with Crippen molar-refractivity contribution in [1.82, 2.24) is 10.2 Å². The first-order valence-electron chi connectivity index (χ1n) is 6.75. The van der Waals surface area contributed by atoms with Crippen molar-refractivity contribution < 1.29 is 0 Å². The molecule has 1 saturated heterocycles. The van der Waals surface area contributed by atoms with Crippen LogP contribution in [0.4, 0.5) is 0 Å². The lowest BCUT2D eigenvalue weighted by Crippen LogP contribution is -2.55. The topological polar surface area (TPSA) is 15.3 Å². The zero-order valence-corrected chi connectivity index (χ0v) is 10.4. The Hall–Kier alpha value is -0.520. The molecular formula is C14H24N2. The molecule has 16 heavy (non-hydrogen) atoms. The lowest BCUT2D eigenvalue weighted by molar-refractivity contribution is 0.133. The quantitative estimate of drug-likeness (QED) is 0.715. The van der Waals surface area contributed by atoms with Gasteiger partial charge >= 0.3 is 0 Å². The van der Waals surface area contributed by atoms with Crippen LogP contribution in [0.1, 0.15) is 39.0 Å². The summed E-state index contributed by atoms with van der Waals surface area (Å²) in [5.74, 6) is 3.75. The van der Waals surface area contributed by atoms with Gasteiger partial charge in [-0.3, -0.25) is 4.90 Å². The van der Waals surface area contributed by atoms with Crippen molar-refractivity contribution in [2.75, 3.05) is 19.6 Å². The normalized spacial score (nSPS) is 30.9. The van der Waals surface area contributed by atoms with E-state index in [1.54, 1.807) is 0 Å². The highest BCUT2D eigenvalue weighted by atomic mass is 15.2. The van der Waals surface area contributed by atoms with Crippen LogP contribution in [-0.2, 0) is 0 Å². The molecule has 0 amide bonds. The maximum Gasteiger partial charge on any atom is 0.0684 e. The van der Waals surface area contributed by atoms with E-state index in [1.807, 2.05) is 0 Å². The van der Waals surface area contributed by atoms with E-state index in [-0.39, 0.29) is 0 Å². The minimum absolute atomic E-state index is 0.299. The summed E-state index contributed by atoms with van der Waals surface area (Å²) >= 11 is 0. The van der Waals surface area contributed by atoms with Crippen molar-refractivity contribution >= 4 is 0 Å². The largest absolute Gasteiger partial charge is 0.311 e. The van der Waals surface area contributed by atoms with Gasteiger partial charge in [-0.15, -0.1) is 6.42 Å². The molecule has 1 saturated carbocycles. The minimum Gasteiger partial charge on any atom is -0.311 e. The smallest absolute Gasteiger partial charge is 0.0684 e. The average Bonchev–Trinajstić information content (AvgIpc) is 2.39. The standard InChI is InChI=1S/C14H24N2/c1-3-12(2)16-10-9-15-14(11-16)13-7-5-4-6-8-13/h1,12-15H,4-11H2,2H3. The van der Waals surface area contributed by atoms with Crippen LogP contribution < -0.4 is 5.32 Å². The molecule has 1 heterocycles. The molecule has 2 unspecified atom stereocenters. The Kier molecular flexibility index (Phi) is 4.26. The average molecular weight is 220 g/mol. The van der Waals surface area contributed by atoms with Crippen molar-refractivity contribution in [2.45, 2.75) is 51.1 Å². The third-order valence-corrected chi connectivity index (χ3v) is 4.24. The molecule has 0 bridgehead atoms. The number of hydrogen-bond donors (Lipinski definition) is 1. The van der Waals surface area contributed by atoms with Gasteiger partial charge in [-0.05, 0) is 25.7 Å². The molecular weight excluding hydrogens is 196 g/mol. The second kappa shape index (κ2) is 5.70. The fraction of sp³-hybridized carbons (Fsp3) is 0.857. The number of nitrogens with one attached hydrogen (secondary N) is 1. The first-order chi connectivity index (χ1) is 7.81. The molecule has 0 aromatic rings. The van der Waals surface area contributed by atoms with Crippen LogP contribution in [0, 0.1) is 18.3 Å². The molecule has 2 fully saturated rings. The van der Waals surface area contributed by atoms with Gasteiger partial charge in [-0.2, -0.15) is 0 Å². The van der Waals surface area contributed by atoms with E-state index in [9.17, 15) is 0 Å². The SMILES string of the molecule is C#CC(C)N1CCNC(C2CCCCC2)C1. The molecule has 2 nitrogen and oxygen atoms in total. The van der Waals surface area contributed by atoms with E-state index in [2.05, 4.69) is 23.1 Å². The summed E-state index contributed by atoms with van der Waals surface area (Å²) < 4.78 is 0. The minimum atomic E-state index is 0.299. The van der Waals surface area contributed by atoms with Crippen LogP contribution >= 0.6 is 0 Å². The van der Waals surface area contributed by atoms with E-state index in [1.165, 1.54) is 32.1 Å². The number of piperazine rings is 1. The van der Waals surface area contributed by atoms with Gasteiger partial charge in [-0.25, -0.2) is 0 Å². The molecule has 1 N–H and O–H groups in total. The summed E-state index contributed by atoms with van der Waals surface area (Å²) in [6.07, 6.45) is 12.6. The summed E-state index contributed by atoms with van der Waals surface area (Å²) in [6.45, 7) is 5.50. The van der Waals surface area contributed by atoms with Gasteiger partial charge in [0.2, 0.25) is 0 Å². The summed E-state index contributed by atoms with van der Waals surface area (Å²) in [6, 6.07) is 0.984. The molecule has 0 aromatic carbocycles. The van der Waals surface area contributed by atoms with E-state index in [0.717, 1.165) is 25.6 Å². The van der Waals surface area contributed by atoms with E-state index in [4.69, 9.17) is 6.42 Å². The van der Waals surface area contributed by atoms with Crippen molar-refractivity contribution in [2.24, 2.45) is 5.92 Å². The van der Waals surface area contributed by atoms with Crippen LogP contribution in [0.5, 0.6) is 0 Å². The Morgan fingerprint density at radius 2 is 2.06 bits per heavy atom. The molecule has 90 valence electrons. The molecule has 2 rings (SSSR count). The maximum absolute atomic E-state index is 5.51. The third-order valence-electron chi connectivity index (χ3n) is 4.24. The molecule has 1 aliphatic heterocycles. The zero-order chi connectivity index (χ0) is 11.4. The lowest BCUT2D eigenvalue weighted by atomic mass is 9.83. The number of rotatable bonds is 2. The Morgan fingerprint density at radius 3 is 2.75 bits per heavy atom. The fourth-order valence-electron chi connectivity index (χ4n) is 3.11. The predicted molar refractivity (Wildman–Crippen MR) is 68.2 cm³/mol. The van der Waals surface area contributed by atoms with Crippen molar-refractivity contribution in [1.29, 1.82) is 0 Å². The van der Waals surface area contributed by atoms with Gasteiger partial charge in [0.25, 0.3) is 0 Å². The van der Waals surface area contributed by atoms with Crippen LogP contribution in [0.15, 0.2) is 0 Å². The molecule has 0 radical (unpaired) electrons. The lowest BCUT2D eigenvalue weighted by Gasteiger charge is -2.40. The molecule has 0 aromatic heterocycles. The fourth-order valence-corrected chi connectivity index (χ4v) is 3.11. The molecule has 1 aliphatic carbocycles. The Bertz CT molecular complexity index is 250. The van der Waals surface area contributed by atoms with Crippen molar-refractivity contribution in [3.63, 3.8) is 0 Å². The molecule has 2 heteroatoms. The summed E-state index contributed by atoms with van der Waals surface area (Å²) in [4.78, 5) is 2.45. The molecule has 2 aliphatic rings. The van der Waals surface area contributed by atoms with Gasteiger partial charge in [-0.1, -0.05) is 25.2 Å². The monoisotopic (exact) mass is 220 g/mol. The second-order valence-corrected chi connectivity index (χ2v) is 5.30. The summed E-state index contributed by atoms with van der Waals surface area (Å²) in [7, 11) is 0. The number of terminal acetylenes is 1. The van der Waals surface area contributed by atoms with E-state index >= 15 is 0 Å². The van der Waals surface area contributed by atoms with Crippen LogP contribution in [0.2, 0.25) is 0 Å². The van der Waals surface area contributed by atoms with Gasteiger partial charge in [0.05, 0.1) is 6.04 Å². The van der Waals surface area contributed by atoms with Gasteiger partial charge < -0.3 is 5.32 Å². The van der Waals surface area contributed by atoms with Crippen LogP contribution in [0.3, 0.4) is 0 Å². The van der Waals surface area contributed by atoms with Gasteiger partial charge in [0.15, 0.2) is 0 Å². The highest BCUT2D eigenvalue weighted by Gasteiger charge is 2.29. The second-order valence-electron chi connectivity index (χ2n) is 5.30. The summed E-state index contributed by atoms with van der Waals surface area (Å²) in [5.41, 5.74) is 0.